The van der Waals surface area contributed by atoms with Gasteiger partial charge in [0.1, 0.15) is 0 Å². The number of halogens is 1. The van der Waals surface area contributed by atoms with Gasteiger partial charge in [0.15, 0.2) is 5.79 Å². The molecule has 0 unspecified atom stereocenters. The van der Waals surface area contributed by atoms with Crippen molar-refractivity contribution in [1.82, 2.24) is 5.32 Å². The average Bonchev–Trinajstić information content (AvgIpc) is 3.02. The van der Waals surface area contributed by atoms with E-state index in [0.29, 0.717) is 6.04 Å². The SMILES string of the molecule is Brc1ccc(CCNC2CCC3(CC2)OCCO3)s1. The molecule has 0 bridgehead atoms. The van der Waals surface area contributed by atoms with Gasteiger partial charge >= 0.3 is 0 Å². The molecule has 3 nitrogen and oxygen atoms in total. The van der Waals surface area contributed by atoms with E-state index in [2.05, 4.69) is 33.4 Å². The maximum atomic E-state index is 5.75. The van der Waals surface area contributed by atoms with E-state index in [0.717, 1.165) is 51.9 Å². The molecule has 106 valence electrons. The van der Waals surface area contributed by atoms with Crippen molar-refractivity contribution in [1.29, 1.82) is 0 Å². The number of hydrogen-bond donors (Lipinski definition) is 1. The highest BCUT2D eigenvalue weighted by Gasteiger charge is 2.39. The van der Waals surface area contributed by atoms with E-state index in [1.165, 1.54) is 8.66 Å². The first-order valence-electron chi connectivity index (χ1n) is 7.01. The second-order valence-electron chi connectivity index (χ2n) is 5.29. The van der Waals surface area contributed by atoms with Crippen LogP contribution in [0.5, 0.6) is 0 Å². The van der Waals surface area contributed by atoms with E-state index in [1.807, 2.05) is 11.3 Å². The van der Waals surface area contributed by atoms with Crippen LogP contribution in [0.3, 0.4) is 0 Å². The maximum Gasteiger partial charge on any atom is 0.168 e. The van der Waals surface area contributed by atoms with Crippen molar-refractivity contribution < 1.29 is 9.47 Å². The Morgan fingerprint density at radius 2 is 2.00 bits per heavy atom. The molecule has 1 saturated heterocycles. The van der Waals surface area contributed by atoms with Gasteiger partial charge in [-0.3, -0.25) is 0 Å². The van der Waals surface area contributed by atoms with Gasteiger partial charge in [0.25, 0.3) is 0 Å². The Morgan fingerprint density at radius 3 is 2.63 bits per heavy atom. The Balaban J connectivity index is 1.38. The molecule has 3 rings (SSSR count). The highest BCUT2D eigenvalue weighted by Crippen LogP contribution is 2.35. The minimum Gasteiger partial charge on any atom is -0.348 e. The largest absolute Gasteiger partial charge is 0.348 e. The Morgan fingerprint density at radius 1 is 1.26 bits per heavy atom. The number of thiophene rings is 1. The molecular weight excluding hydrogens is 326 g/mol. The number of hydrogen-bond acceptors (Lipinski definition) is 4. The third-order valence-electron chi connectivity index (χ3n) is 3.99. The zero-order valence-electron chi connectivity index (χ0n) is 11.0. The van der Waals surface area contributed by atoms with Gasteiger partial charge in [-0.1, -0.05) is 0 Å². The minimum atomic E-state index is -0.225. The molecule has 0 radical (unpaired) electrons. The maximum absolute atomic E-state index is 5.75. The monoisotopic (exact) mass is 345 g/mol. The number of nitrogens with one attached hydrogen (secondary N) is 1. The fraction of sp³-hybridized carbons (Fsp3) is 0.714. The molecule has 2 aliphatic rings. The van der Waals surface area contributed by atoms with Crippen LogP contribution in [-0.2, 0) is 15.9 Å². The molecule has 1 N–H and O–H groups in total. The summed E-state index contributed by atoms with van der Waals surface area (Å²) in [6.45, 7) is 2.60. The minimum absolute atomic E-state index is 0.225. The highest BCUT2D eigenvalue weighted by molar-refractivity contribution is 9.11. The molecule has 0 aromatic carbocycles. The summed E-state index contributed by atoms with van der Waals surface area (Å²) in [6, 6.07) is 4.95. The lowest BCUT2D eigenvalue weighted by Gasteiger charge is -2.35. The zero-order valence-corrected chi connectivity index (χ0v) is 13.4. The Hall–Kier alpha value is 0.0600. The van der Waals surface area contributed by atoms with Crippen LogP contribution in [0.25, 0.3) is 0 Å². The second-order valence-corrected chi connectivity index (χ2v) is 7.84. The summed E-state index contributed by atoms with van der Waals surface area (Å²) in [7, 11) is 0. The topological polar surface area (TPSA) is 30.5 Å². The van der Waals surface area contributed by atoms with E-state index >= 15 is 0 Å². The summed E-state index contributed by atoms with van der Waals surface area (Å²) in [5, 5.41) is 3.67. The molecule has 2 fully saturated rings. The molecule has 0 amide bonds. The van der Waals surface area contributed by atoms with Crippen LogP contribution in [0.15, 0.2) is 15.9 Å². The van der Waals surface area contributed by atoms with E-state index in [9.17, 15) is 0 Å². The van der Waals surface area contributed by atoms with Crippen molar-refractivity contribution in [3.8, 4) is 0 Å². The Kier molecular flexibility index (Phi) is 4.59. The molecule has 2 heterocycles. The fourth-order valence-corrected chi connectivity index (χ4v) is 4.42. The number of rotatable bonds is 4. The predicted octanol–water partition coefficient (Wildman–Crippen LogP) is 3.33. The van der Waals surface area contributed by atoms with Crippen LogP contribution in [0.2, 0.25) is 0 Å². The molecule has 1 saturated carbocycles. The second kappa shape index (κ2) is 6.22. The fourth-order valence-electron chi connectivity index (χ4n) is 2.93. The normalized spacial score (nSPS) is 23.2. The molecular formula is C14H20BrNO2S. The van der Waals surface area contributed by atoms with Crippen LogP contribution >= 0.6 is 27.3 Å². The van der Waals surface area contributed by atoms with Gasteiger partial charge in [-0.05, 0) is 47.3 Å². The van der Waals surface area contributed by atoms with Crippen molar-refractivity contribution in [2.45, 2.75) is 43.9 Å². The van der Waals surface area contributed by atoms with Gasteiger partial charge in [-0.15, -0.1) is 11.3 Å². The summed E-state index contributed by atoms with van der Waals surface area (Å²) in [4.78, 5) is 1.44. The third-order valence-corrected chi connectivity index (χ3v) is 5.68. The summed E-state index contributed by atoms with van der Waals surface area (Å²) < 4.78 is 12.7. The van der Waals surface area contributed by atoms with Crippen molar-refractivity contribution in [3.05, 3.63) is 20.8 Å². The van der Waals surface area contributed by atoms with Gasteiger partial charge < -0.3 is 14.8 Å². The van der Waals surface area contributed by atoms with Gasteiger partial charge in [-0.25, -0.2) is 0 Å². The predicted molar refractivity (Wildman–Crippen MR) is 80.6 cm³/mol. The van der Waals surface area contributed by atoms with Crippen molar-refractivity contribution in [3.63, 3.8) is 0 Å². The van der Waals surface area contributed by atoms with Crippen molar-refractivity contribution in [2.24, 2.45) is 0 Å². The van der Waals surface area contributed by atoms with E-state index < -0.39 is 0 Å². The number of ether oxygens (including phenoxy) is 2. The van der Waals surface area contributed by atoms with Crippen LogP contribution in [0, 0.1) is 0 Å². The van der Waals surface area contributed by atoms with E-state index in [1.54, 1.807) is 0 Å². The van der Waals surface area contributed by atoms with Crippen LogP contribution < -0.4 is 5.32 Å². The summed E-state index contributed by atoms with van der Waals surface area (Å²) in [5.74, 6) is -0.225. The quantitative estimate of drug-likeness (QED) is 0.907. The zero-order chi connectivity index (χ0) is 13.1. The molecule has 1 spiro atoms. The first kappa shape index (κ1) is 14.0. The molecule has 1 aliphatic heterocycles. The summed E-state index contributed by atoms with van der Waals surface area (Å²) >= 11 is 5.33. The summed E-state index contributed by atoms with van der Waals surface area (Å²) in [6.07, 6.45) is 5.51. The van der Waals surface area contributed by atoms with Crippen LogP contribution in [0.1, 0.15) is 30.6 Å². The van der Waals surface area contributed by atoms with Crippen LogP contribution in [-0.4, -0.2) is 31.6 Å². The first-order valence-corrected chi connectivity index (χ1v) is 8.62. The van der Waals surface area contributed by atoms with Gasteiger partial charge in [0.05, 0.1) is 17.0 Å². The lowest BCUT2D eigenvalue weighted by molar-refractivity contribution is -0.179. The smallest absolute Gasteiger partial charge is 0.168 e. The van der Waals surface area contributed by atoms with Crippen LogP contribution in [0.4, 0.5) is 0 Å². The van der Waals surface area contributed by atoms with E-state index in [-0.39, 0.29) is 5.79 Å². The van der Waals surface area contributed by atoms with Crippen molar-refractivity contribution in [2.75, 3.05) is 19.8 Å². The molecule has 1 aliphatic carbocycles. The molecule has 1 aromatic heterocycles. The lowest BCUT2D eigenvalue weighted by Crippen LogP contribution is -2.42. The molecule has 0 atom stereocenters. The van der Waals surface area contributed by atoms with Crippen molar-refractivity contribution >= 4 is 27.3 Å². The average molecular weight is 346 g/mol. The van der Waals surface area contributed by atoms with Gasteiger partial charge in [0.2, 0.25) is 0 Å². The summed E-state index contributed by atoms with van der Waals surface area (Å²) in [5.41, 5.74) is 0. The first-order chi connectivity index (χ1) is 9.26. The molecule has 1 aromatic rings. The highest BCUT2D eigenvalue weighted by atomic mass is 79.9. The molecule has 5 heteroatoms. The van der Waals surface area contributed by atoms with Gasteiger partial charge in [-0.2, -0.15) is 0 Å². The lowest BCUT2D eigenvalue weighted by atomic mass is 9.90. The Labute approximate surface area is 126 Å². The standard InChI is InChI=1S/C14H20BrNO2S/c15-13-2-1-12(19-13)5-8-16-11-3-6-14(7-4-11)17-9-10-18-14/h1-2,11,16H,3-10H2. The third kappa shape index (κ3) is 3.58. The Bertz CT molecular complexity index is 407. The molecule has 19 heavy (non-hydrogen) atoms. The van der Waals surface area contributed by atoms with E-state index in [4.69, 9.17) is 9.47 Å². The van der Waals surface area contributed by atoms with Gasteiger partial charge in [0, 0.05) is 30.3 Å².